The molecular weight excluding hydrogens is 436 g/mol. The van der Waals surface area contributed by atoms with Crippen LogP contribution in [0, 0.1) is 12.7 Å². The molecule has 4 heterocycles. The monoisotopic (exact) mass is 457 g/mol. The summed E-state index contributed by atoms with van der Waals surface area (Å²) >= 11 is 0. The highest BCUT2D eigenvalue weighted by Crippen LogP contribution is 2.40. The van der Waals surface area contributed by atoms with E-state index >= 15 is 4.39 Å². The average Bonchev–Trinajstić information content (AvgIpc) is 3.29. The van der Waals surface area contributed by atoms with E-state index in [1.165, 1.54) is 18.5 Å². The zero-order chi connectivity index (χ0) is 23.1. The Labute approximate surface area is 187 Å². The number of nitrogens with zero attached hydrogens (tertiary/aromatic N) is 2. The summed E-state index contributed by atoms with van der Waals surface area (Å²) < 4.78 is 44.3. The summed E-state index contributed by atoms with van der Waals surface area (Å²) in [5, 5.41) is 6.53. The average molecular weight is 457 g/mol. The predicted molar refractivity (Wildman–Crippen MR) is 116 cm³/mol. The van der Waals surface area contributed by atoms with Gasteiger partial charge in [-0.2, -0.15) is 4.39 Å². The van der Waals surface area contributed by atoms with Crippen LogP contribution in [0.4, 0.5) is 25.0 Å². The summed E-state index contributed by atoms with van der Waals surface area (Å²) in [6.45, 7) is 2.73. The number of halogens is 2. The highest BCUT2D eigenvalue weighted by Gasteiger charge is 2.25. The SMILES string of the molecule is Cc1c(-c2cc3cc(OC(=O)N[C@@H]4CCOC4)ncc3c(N)c2F)cnc2c1NC[C@@H](F)O2. The molecule has 172 valence electrons. The van der Waals surface area contributed by atoms with E-state index in [1.807, 2.05) is 0 Å². The topological polar surface area (TPSA) is 121 Å². The largest absolute Gasteiger partial charge is 0.440 e. The lowest BCUT2D eigenvalue weighted by Gasteiger charge is -2.24. The first-order valence-corrected chi connectivity index (χ1v) is 10.4. The molecule has 2 aliphatic rings. The zero-order valence-electron chi connectivity index (χ0n) is 17.7. The number of nitrogens with one attached hydrogen (secondary N) is 2. The summed E-state index contributed by atoms with van der Waals surface area (Å²) in [5.74, 6) is -0.482. The van der Waals surface area contributed by atoms with Gasteiger partial charge in [-0.25, -0.2) is 19.2 Å². The van der Waals surface area contributed by atoms with Crippen molar-refractivity contribution in [3.63, 3.8) is 0 Å². The molecule has 3 aromatic rings. The Balaban J connectivity index is 1.50. The first kappa shape index (κ1) is 21.1. The summed E-state index contributed by atoms with van der Waals surface area (Å²) in [4.78, 5) is 20.4. The van der Waals surface area contributed by atoms with Gasteiger partial charge < -0.3 is 30.6 Å². The van der Waals surface area contributed by atoms with Crippen LogP contribution in [0.3, 0.4) is 0 Å². The fraction of sp³-hybridized carbons (Fsp3) is 0.318. The van der Waals surface area contributed by atoms with Crippen molar-refractivity contribution in [1.82, 2.24) is 15.3 Å². The third-order valence-corrected chi connectivity index (χ3v) is 5.70. The molecule has 1 amide bonds. The molecule has 5 rings (SSSR count). The molecule has 2 atom stereocenters. The van der Waals surface area contributed by atoms with Gasteiger partial charge in [-0.05, 0) is 30.4 Å². The van der Waals surface area contributed by atoms with Crippen molar-refractivity contribution in [3.8, 4) is 22.9 Å². The number of rotatable bonds is 3. The van der Waals surface area contributed by atoms with E-state index in [9.17, 15) is 9.18 Å². The molecule has 9 nitrogen and oxygen atoms in total. The molecular formula is C22H21F2N5O4. The maximum Gasteiger partial charge on any atom is 0.414 e. The lowest BCUT2D eigenvalue weighted by atomic mass is 9.97. The molecule has 11 heteroatoms. The van der Waals surface area contributed by atoms with Crippen LogP contribution < -0.4 is 25.8 Å². The molecule has 2 aromatic heterocycles. The van der Waals surface area contributed by atoms with E-state index in [-0.39, 0.29) is 35.6 Å². The summed E-state index contributed by atoms with van der Waals surface area (Å²) in [5.41, 5.74) is 7.75. The minimum Gasteiger partial charge on any atom is -0.440 e. The Bertz CT molecular complexity index is 1250. The number of hydrogen-bond donors (Lipinski definition) is 3. The van der Waals surface area contributed by atoms with Crippen LogP contribution in [0.1, 0.15) is 12.0 Å². The number of amides is 1. The highest BCUT2D eigenvalue weighted by molar-refractivity contribution is 5.98. The van der Waals surface area contributed by atoms with Gasteiger partial charge in [0.1, 0.15) is 5.69 Å². The minimum atomic E-state index is -1.51. The van der Waals surface area contributed by atoms with Gasteiger partial charge in [-0.15, -0.1) is 0 Å². The number of carbonyl (C=O) groups is 1. The van der Waals surface area contributed by atoms with Gasteiger partial charge in [0, 0.05) is 41.6 Å². The van der Waals surface area contributed by atoms with Crippen LogP contribution in [0.5, 0.6) is 11.8 Å². The molecule has 1 aromatic carbocycles. The number of nitrogen functional groups attached to an aromatic ring is 1. The van der Waals surface area contributed by atoms with Crippen LogP contribution in [0.15, 0.2) is 24.5 Å². The molecule has 0 saturated carbocycles. The fourth-order valence-electron chi connectivity index (χ4n) is 3.96. The number of hydrogen-bond acceptors (Lipinski definition) is 8. The number of anilines is 2. The van der Waals surface area contributed by atoms with Gasteiger partial charge in [0.05, 0.1) is 24.9 Å². The molecule has 0 bridgehead atoms. The zero-order valence-corrected chi connectivity index (χ0v) is 17.7. The summed E-state index contributed by atoms with van der Waals surface area (Å²) in [6.07, 6.45) is 1.31. The number of benzene rings is 1. The molecule has 0 aliphatic carbocycles. The fourth-order valence-corrected chi connectivity index (χ4v) is 3.96. The predicted octanol–water partition coefficient (Wildman–Crippen LogP) is 3.30. The first-order valence-electron chi connectivity index (χ1n) is 10.4. The Hall–Kier alpha value is -3.73. The molecule has 0 unspecified atom stereocenters. The second-order valence-corrected chi connectivity index (χ2v) is 7.88. The number of ether oxygens (including phenoxy) is 3. The maximum absolute atomic E-state index is 15.2. The highest BCUT2D eigenvalue weighted by atomic mass is 19.1. The van der Waals surface area contributed by atoms with Gasteiger partial charge in [0.25, 0.3) is 6.36 Å². The van der Waals surface area contributed by atoms with Crippen molar-refractivity contribution in [2.75, 3.05) is 30.8 Å². The van der Waals surface area contributed by atoms with Crippen molar-refractivity contribution in [2.24, 2.45) is 0 Å². The molecule has 33 heavy (non-hydrogen) atoms. The minimum absolute atomic E-state index is 0.0390. The van der Waals surface area contributed by atoms with E-state index < -0.39 is 18.3 Å². The molecule has 0 radical (unpaired) electrons. The Morgan fingerprint density at radius 3 is 2.94 bits per heavy atom. The Kier molecular flexibility index (Phi) is 5.33. The molecule has 1 saturated heterocycles. The molecule has 0 spiro atoms. The number of pyridine rings is 2. The van der Waals surface area contributed by atoms with Gasteiger partial charge in [0.15, 0.2) is 5.82 Å². The van der Waals surface area contributed by atoms with Crippen molar-refractivity contribution in [2.45, 2.75) is 25.7 Å². The van der Waals surface area contributed by atoms with Crippen LogP contribution in [-0.2, 0) is 4.74 Å². The molecule has 2 aliphatic heterocycles. The molecule has 4 N–H and O–H groups in total. The van der Waals surface area contributed by atoms with Crippen LogP contribution in [0.2, 0.25) is 0 Å². The Morgan fingerprint density at radius 2 is 2.15 bits per heavy atom. The quantitative estimate of drug-likeness (QED) is 0.513. The number of aromatic nitrogens is 2. The maximum atomic E-state index is 15.2. The number of nitrogens with two attached hydrogens (primary N) is 1. The second kappa shape index (κ2) is 8.32. The van der Waals surface area contributed by atoms with E-state index in [4.69, 9.17) is 19.9 Å². The van der Waals surface area contributed by atoms with Crippen molar-refractivity contribution in [1.29, 1.82) is 0 Å². The van der Waals surface area contributed by atoms with Crippen molar-refractivity contribution < 1.29 is 27.8 Å². The van der Waals surface area contributed by atoms with E-state index in [1.54, 1.807) is 13.0 Å². The first-order chi connectivity index (χ1) is 15.9. The van der Waals surface area contributed by atoms with Crippen molar-refractivity contribution >= 4 is 28.2 Å². The number of fused-ring (bicyclic) bond motifs is 2. The van der Waals surface area contributed by atoms with Gasteiger partial charge in [-0.1, -0.05) is 0 Å². The van der Waals surface area contributed by atoms with E-state index in [0.717, 1.165) is 0 Å². The van der Waals surface area contributed by atoms with Crippen LogP contribution >= 0.6 is 0 Å². The van der Waals surface area contributed by atoms with E-state index in [0.29, 0.717) is 47.2 Å². The standard InChI is InChI=1S/C22H21F2N5O4/c1-10-14(6-28-21-20(10)27-8-16(23)32-21)13-4-11-5-17(26-7-15(11)19(25)18(13)24)33-22(30)29-12-2-3-31-9-12/h4-7,12,16,27H,2-3,8-9,25H2,1H3,(H,29,30)/t12-,16+/m1/s1. The lowest BCUT2D eigenvalue weighted by Crippen LogP contribution is -2.37. The van der Waals surface area contributed by atoms with Gasteiger partial charge >= 0.3 is 6.09 Å². The third kappa shape index (κ3) is 3.95. The Morgan fingerprint density at radius 1 is 1.30 bits per heavy atom. The van der Waals surface area contributed by atoms with Gasteiger partial charge in [-0.3, -0.25) is 0 Å². The summed E-state index contributed by atoms with van der Waals surface area (Å²) in [6, 6.07) is 2.98. The third-order valence-electron chi connectivity index (χ3n) is 5.70. The van der Waals surface area contributed by atoms with E-state index in [2.05, 4.69) is 20.6 Å². The summed E-state index contributed by atoms with van der Waals surface area (Å²) in [7, 11) is 0. The molecule has 1 fully saturated rings. The number of alkyl halides is 1. The lowest BCUT2D eigenvalue weighted by molar-refractivity contribution is 0.0688. The normalized spacial score (nSPS) is 19.5. The van der Waals surface area contributed by atoms with Crippen LogP contribution in [0.25, 0.3) is 21.9 Å². The second-order valence-electron chi connectivity index (χ2n) is 7.88. The smallest absolute Gasteiger partial charge is 0.414 e. The van der Waals surface area contributed by atoms with Crippen molar-refractivity contribution in [3.05, 3.63) is 35.9 Å². The number of carbonyl (C=O) groups excluding carboxylic acids is 1. The van der Waals surface area contributed by atoms with Gasteiger partial charge in [0.2, 0.25) is 11.8 Å². The van der Waals surface area contributed by atoms with Crippen LogP contribution in [-0.4, -0.2) is 48.2 Å².